The standard InChI is InChI=1S/C13H22OSi/c1-5-11-10-13(11,14-15(2,3)4)12-8-6-7-9-12/h5,8,11H,1,6-7,9-10H2,2-4H3/t11-,13+/m0/s1. The molecular weight excluding hydrogens is 200 g/mol. The van der Waals surface area contributed by atoms with E-state index in [1.54, 1.807) is 5.57 Å². The minimum absolute atomic E-state index is 0.0860. The quantitative estimate of drug-likeness (QED) is 0.518. The summed E-state index contributed by atoms with van der Waals surface area (Å²) in [6.45, 7) is 10.8. The molecule has 0 N–H and O–H groups in total. The molecule has 2 atom stereocenters. The van der Waals surface area contributed by atoms with Crippen LogP contribution < -0.4 is 0 Å². The second-order valence-electron chi connectivity index (χ2n) is 5.77. The first kappa shape index (κ1) is 11.2. The molecule has 0 aromatic carbocycles. The summed E-state index contributed by atoms with van der Waals surface area (Å²) in [6, 6.07) is 0. The lowest BCUT2D eigenvalue weighted by molar-refractivity contribution is 0.194. The Morgan fingerprint density at radius 1 is 1.53 bits per heavy atom. The lowest BCUT2D eigenvalue weighted by Crippen LogP contribution is -2.35. The van der Waals surface area contributed by atoms with Gasteiger partial charge in [-0.3, -0.25) is 0 Å². The fraction of sp³-hybridized carbons (Fsp3) is 0.692. The maximum absolute atomic E-state index is 6.42. The average molecular weight is 222 g/mol. The largest absolute Gasteiger partial charge is 0.408 e. The molecule has 0 spiro atoms. The van der Waals surface area contributed by atoms with Crippen LogP contribution in [-0.4, -0.2) is 13.9 Å². The molecule has 2 aliphatic rings. The molecule has 1 nitrogen and oxygen atoms in total. The lowest BCUT2D eigenvalue weighted by Gasteiger charge is -2.28. The SMILES string of the molecule is C=C[C@H]1C[C@]1(O[Si](C)(C)C)C1=CCCC1. The van der Waals surface area contributed by atoms with Gasteiger partial charge < -0.3 is 4.43 Å². The average Bonchev–Trinajstić information content (AvgIpc) is 2.63. The van der Waals surface area contributed by atoms with Crippen molar-refractivity contribution < 1.29 is 4.43 Å². The minimum atomic E-state index is -1.44. The fourth-order valence-electron chi connectivity index (χ4n) is 2.70. The van der Waals surface area contributed by atoms with Crippen molar-refractivity contribution in [3.05, 3.63) is 24.3 Å². The minimum Gasteiger partial charge on any atom is -0.408 e. The van der Waals surface area contributed by atoms with Crippen molar-refractivity contribution in [2.24, 2.45) is 5.92 Å². The summed E-state index contributed by atoms with van der Waals surface area (Å²) in [7, 11) is -1.44. The van der Waals surface area contributed by atoms with E-state index in [9.17, 15) is 0 Å². The van der Waals surface area contributed by atoms with Crippen molar-refractivity contribution in [3.63, 3.8) is 0 Å². The summed E-state index contributed by atoms with van der Waals surface area (Å²) < 4.78 is 6.42. The van der Waals surface area contributed by atoms with Crippen molar-refractivity contribution >= 4 is 8.32 Å². The van der Waals surface area contributed by atoms with E-state index < -0.39 is 8.32 Å². The zero-order valence-corrected chi connectivity index (χ0v) is 11.2. The van der Waals surface area contributed by atoms with Gasteiger partial charge in [-0.15, -0.1) is 6.58 Å². The van der Waals surface area contributed by atoms with Gasteiger partial charge in [-0.2, -0.15) is 0 Å². The Hall–Kier alpha value is -0.343. The molecule has 84 valence electrons. The Bertz CT molecular complexity index is 300. The van der Waals surface area contributed by atoms with E-state index in [0.29, 0.717) is 5.92 Å². The fourth-order valence-corrected chi connectivity index (χ4v) is 4.15. The van der Waals surface area contributed by atoms with Crippen LogP contribution in [0, 0.1) is 5.92 Å². The van der Waals surface area contributed by atoms with Crippen LogP contribution in [0.3, 0.4) is 0 Å². The van der Waals surface area contributed by atoms with E-state index in [4.69, 9.17) is 4.43 Å². The molecule has 0 radical (unpaired) electrons. The van der Waals surface area contributed by atoms with Crippen molar-refractivity contribution in [2.45, 2.75) is 50.9 Å². The van der Waals surface area contributed by atoms with E-state index in [2.05, 4.69) is 38.4 Å². The van der Waals surface area contributed by atoms with E-state index in [0.717, 1.165) is 0 Å². The smallest absolute Gasteiger partial charge is 0.184 e. The molecule has 2 aliphatic carbocycles. The first-order valence-corrected chi connectivity index (χ1v) is 9.41. The second-order valence-corrected chi connectivity index (χ2v) is 10.2. The zero-order valence-electron chi connectivity index (χ0n) is 10.2. The summed E-state index contributed by atoms with van der Waals surface area (Å²) in [5.41, 5.74) is 1.65. The Morgan fingerprint density at radius 2 is 2.27 bits per heavy atom. The van der Waals surface area contributed by atoms with Crippen molar-refractivity contribution in [2.75, 3.05) is 0 Å². The molecule has 0 heterocycles. The molecule has 0 unspecified atom stereocenters. The molecule has 0 aromatic heterocycles. The van der Waals surface area contributed by atoms with Crippen LogP contribution in [0.25, 0.3) is 0 Å². The van der Waals surface area contributed by atoms with Crippen LogP contribution in [0.2, 0.25) is 19.6 Å². The van der Waals surface area contributed by atoms with Crippen LogP contribution >= 0.6 is 0 Å². The third kappa shape index (κ3) is 2.11. The van der Waals surface area contributed by atoms with E-state index in [1.807, 2.05) is 0 Å². The maximum atomic E-state index is 6.42. The highest BCUT2D eigenvalue weighted by Gasteiger charge is 2.57. The van der Waals surface area contributed by atoms with Crippen LogP contribution in [0.5, 0.6) is 0 Å². The number of allylic oxidation sites excluding steroid dienone is 1. The zero-order chi connectivity index (χ0) is 11.1. The van der Waals surface area contributed by atoms with Gasteiger partial charge in [0.1, 0.15) is 0 Å². The molecule has 2 rings (SSSR count). The first-order valence-electron chi connectivity index (χ1n) is 6.00. The second kappa shape index (κ2) is 3.60. The van der Waals surface area contributed by atoms with Crippen LogP contribution in [0.4, 0.5) is 0 Å². The van der Waals surface area contributed by atoms with Gasteiger partial charge in [0.15, 0.2) is 8.32 Å². The summed E-state index contributed by atoms with van der Waals surface area (Å²) in [5, 5.41) is 0. The molecule has 0 bridgehead atoms. The van der Waals surface area contributed by atoms with Crippen LogP contribution in [-0.2, 0) is 4.43 Å². The topological polar surface area (TPSA) is 9.23 Å². The van der Waals surface area contributed by atoms with Crippen molar-refractivity contribution in [1.82, 2.24) is 0 Å². The number of rotatable bonds is 4. The third-order valence-corrected chi connectivity index (χ3v) is 4.30. The highest BCUT2D eigenvalue weighted by Crippen LogP contribution is 2.56. The summed E-state index contributed by atoms with van der Waals surface area (Å²) in [5.74, 6) is 0.577. The molecule has 0 amide bonds. The predicted molar refractivity (Wildman–Crippen MR) is 67.4 cm³/mol. The molecule has 0 aromatic rings. The maximum Gasteiger partial charge on any atom is 0.184 e. The van der Waals surface area contributed by atoms with Crippen LogP contribution in [0.15, 0.2) is 24.3 Å². The van der Waals surface area contributed by atoms with Crippen LogP contribution in [0.1, 0.15) is 25.7 Å². The Morgan fingerprint density at radius 3 is 2.67 bits per heavy atom. The Kier molecular flexibility index (Phi) is 2.68. The van der Waals surface area contributed by atoms with Gasteiger partial charge in [-0.1, -0.05) is 12.2 Å². The molecular formula is C13H22OSi. The molecule has 1 fully saturated rings. The van der Waals surface area contributed by atoms with Gasteiger partial charge in [0.2, 0.25) is 0 Å². The van der Waals surface area contributed by atoms with Gasteiger partial charge in [0.05, 0.1) is 5.60 Å². The normalized spacial score (nSPS) is 35.1. The van der Waals surface area contributed by atoms with E-state index in [-0.39, 0.29) is 5.60 Å². The van der Waals surface area contributed by atoms with Gasteiger partial charge in [-0.25, -0.2) is 0 Å². The predicted octanol–water partition coefficient (Wildman–Crippen LogP) is 3.89. The van der Waals surface area contributed by atoms with Gasteiger partial charge in [0, 0.05) is 5.92 Å². The molecule has 15 heavy (non-hydrogen) atoms. The summed E-state index contributed by atoms with van der Waals surface area (Å²) in [6.07, 6.45) is 9.47. The highest BCUT2D eigenvalue weighted by molar-refractivity contribution is 6.69. The van der Waals surface area contributed by atoms with Crippen molar-refractivity contribution in [1.29, 1.82) is 0 Å². The Labute approximate surface area is 94.3 Å². The number of hydrogen-bond donors (Lipinski definition) is 0. The van der Waals surface area contributed by atoms with Gasteiger partial charge in [0.25, 0.3) is 0 Å². The third-order valence-electron chi connectivity index (χ3n) is 3.32. The number of hydrogen-bond acceptors (Lipinski definition) is 1. The molecule has 0 saturated heterocycles. The monoisotopic (exact) mass is 222 g/mol. The summed E-state index contributed by atoms with van der Waals surface area (Å²) in [4.78, 5) is 0. The van der Waals surface area contributed by atoms with Gasteiger partial charge in [-0.05, 0) is 50.9 Å². The Balaban J connectivity index is 2.16. The lowest BCUT2D eigenvalue weighted by atomic mass is 10.1. The molecule has 0 aliphatic heterocycles. The molecule has 2 heteroatoms. The summed E-state index contributed by atoms with van der Waals surface area (Å²) >= 11 is 0. The highest BCUT2D eigenvalue weighted by atomic mass is 28.4. The first-order chi connectivity index (χ1) is 6.98. The van der Waals surface area contributed by atoms with Gasteiger partial charge >= 0.3 is 0 Å². The van der Waals surface area contributed by atoms with E-state index in [1.165, 1.54) is 25.7 Å². The molecule has 1 saturated carbocycles. The van der Waals surface area contributed by atoms with Crippen molar-refractivity contribution in [3.8, 4) is 0 Å². The van der Waals surface area contributed by atoms with E-state index >= 15 is 0 Å².